The van der Waals surface area contributed by atoms with Crippen LogP contribution >= 0.6 is 12.4 Å². The van der Waals surface area contributed by atoms with E-state index in [2.05, 4.69) is 13.8 Å². The number of benzene rings is 1. The Morgan fingerprint density at radius 2 is 1.94 bits per heavy atom. The summed E-state index contributed by atoms with van der Waals surface area (Å²) in [4.78, 5) is 0. The summed E-state index contributed by atoms with van der Waals surface area (Å²) in [5, 5.41) is 0. The number of hydrogen-bond donors (Lipinski definition) is 1. The molecule has 1 aliphatic rings. The highest BCUT2D eigenvalue weighted by Gasteiger charge is 2.16. The zero-order valence-electron chi connectivity index (χ0n) is 9.60. The summed E-state index contributed by atoms with van der Waals surface area (Å²) in [5.41, 5.74) is 7.21. The van der Waals surface area contributed by atoms with E-state index in [1.807, 2.05) is 18.2 Å². The molecule has 3 nitrogen and oxygen atoms in total. The quantitative estimate of drug-likeness (QED) is 0.888. The van der Waals surface area contributed by atoms with Gasteiger partial charge in [-0.3, -0.25) is 0 Å². The zero-order chi connectivity index (χ0) is 10.8. The second-order valence-corrected chi connectivity index (χ2v) is 4.35. The summed E-state index contributed by atoms with van der Waals surface area (Å²) in [7, 11) is 0. The summed E-state index contributed by atoms with van der Waals surface area (Å²) in [6.07, 6.45) is 0.986. The number of hydrogen-bond acceptors (Lipinski definition) is 3. The molecule has 1 heterocycles. The predicted octanol–water partition coefficient (Wildman–Crippen LogP) is 2.88. The standard InChI is InChI=1S/C12H17NO2.ClH/c1-8(2)5-10(13)9-3-4-11-12(6-9)15-7-14-11;/h3-4,6,8,10H,5,7,13H2,1-2H3;1H/t10-;/m0./s1. The van der Waals surface area contributed by atoms with Crippen molar-refractivity contribution in [1.29, 1.82) is 0 Å². The number of halogens is 1. The summed E-state index contributed by atoms with van der Waals surface area (Å²) < 4.78 is 10.6. The van der Waals surface area contributed by atoms with Gasteiger partial charge >= 0.3 is 0 Å². The van der Waals surface area contributed by atoms with Gasteiger partial charge in [-0.2, -0.15) is 0 Å². The summed E-state index contributed by atoms with van der Waals surface area (Å²) in [5.74, 6) is 2.23. The fraction of sp³-hybridized carbons (Fsp3) is 0.500. The van der Waals surface area contributed by atoms with Gasteiger partial charge in [-0.15, -0.1) is 12.4 Å². The van der Waals surface area contributed by atoms with Crippen molar-refractivity contribution in [2.24, 2.45) is 11.7 Å². The van der Waals surface area contributed by atoms with E-state index in [-0.39, 0.29) is 18.4 Å². The van der Waals surface area contributed by atoms with Gasteiger partial charge in [0.05, 0.1) is 0 Å². The maximum absolute atomic E-state index is 6.09. The minimum Gasteiger partial charge on any atom is -0.454 e. The van der Waals surface area contributed by atoms with Crippen molar-refractivity contribution in [3.63, 3.8) is 0 Å². The molecule has 1 atom stereocenters. The molecule has 0 saturated carbocycles. The molecule has 1 aromatic rings. The monoisotopic (exact) mass is 243 g/mol. The van der Waals surface area contributed by atoms with Crippen LogP contribution in [0.3, 0.4) is 0 Å². The lowest BCUT2D eigenvalue weighted by atomic mass is 9.98. The Labute approximate surface area is 102 Å². The molecule has 1 aromatic carbocycles. The SMILES string of the molecule is CC(C)C[C@H](N)c1ccc2c(c1)OCO2.Cl. The average molecular weight is 244 g/mol. The van der Waals surface area contributed by atoms with Crippen LogP contribution in [0.2, 0.25) is 0 Å². The molecule has 2 N–H and O–H groups in total. The van der Waals surface area contributed by atoms with Gasteiger partial charge in [0.25, 0.3) is 0 Å². The smallest absolute Gasteiger partial charge is 0.231 e. The van der Waals surface area contributed by atoms with Crippen LogP contribution in [0, 0.1) is 5.92 Å². The van der Waals surface area contributed by atoms with Gasteiger partial charge in [-0.25, -0.2) is 0 Å². The Balaban J connectivity index is 0.00000128. The molecule has 1 aliphatic heterocycles. The van der Waals surface area contributed by atoms with Crippen molar-refractivity contribution in [3.05, 3.63) is 23.8 Å². The Morgan fingerprint density at radius 1 is 1.25 bits per heavy atom. The van der Waals surface area contributed by atoms with E-state index in [4.69, 9.17) is 15.2 Å². The van der Waals surface area contributed by atoms with Crippen molar-refractivity contribution >= 4 is 12.4 Å². The molecule has 0 aliphatic carbocycles. The molecule has 0 saturated heterocycles. The second-order valence-electron chi connectivity index (χ2n) is 4.35. The molecule has 0 fully saturated rings. The normalized spacial score (nSPS) is 14.8. The molecule has 0 aromatic heterocycles. The fourth-order valence-electron chi connectivity index (χ4n) is 1.79. The van der Waals surface area contributed by atoms with Crippen LogP contribution in [0.5, 0.6) is 11.5 Å². The first-order valence-electron chi connectivity index (χ1n) is 5.32. The molecular formula is C12H18ClNO2. The Bertz CT molecular complexity index is 355. The van der Waals surface area contributed by atoms with Crippen LogP contribution in [0.25, 0.3) is 0 Å². The largest absolute Gasteiger partial charge is 0.454 e. The number of fused-ring (bicyclic) bond motifs is 1. The van der Waals surface area contributed by atoms with Gasteiger partial charge in [0.2, 0.25) is 6.79 Å². The van der Waals surface area contributed by atoms with Gasteiger partial charge in [0, 0.05) is 6.04 Å². The number of nitrogens with two attached hydrogens (primary N) is 1. The maximum atomic E-state index is 6.09. The van der Waals surface area contributed by atoms with Crippen LogP contribution in [0.15, 0.2) is 18.2 Å². The highest BCUT2D eigenvalue weighted by atomic mass is 35.5. The topological polar surface area (TPSA) is 44.5 Å². The molecule has 0 unspecified atom stereocenters. The van der Waals surface area contributed by atoms with Gasteiger partial charge in [-0.05, 0) is 30.0 Å². The molecule has 0 spiro atoms. The zero-order valence-corrected chi connectivity index (χ0v) is 10.4. The fourth-order valence-corrected chi connectivity index (χ4v) is 1.79. The third-order valence-electron chi connectivity index (χ3n) is 2.55. The highest BCUT2D eigenvalue weighted by Crippen LogP contribution is 2.34. The minimum absolute atomic E-state index is 0. The van der Waals surface area contributed by atoms with E-state index in [1.54, 1.807) is 0 Å². The van der Waals surface area contributed by atoms with Crippen molar-refractivity contribution in [1.82, 2.24) is 0 Å². The van der Waals surface area contributed by atoms with Crippen molar-refractivity contribution in [2.45, 2.75) is 26.3 Å². The molecule has 2 rings (SSSR count). The molecule has 90 valence electrons. The van der Waals surface area contributed by atoms with Crippen molar-refractivity contribution in [3.8, 4) is 11.5 Å². The highest BCUT2D eigenvalue weighted by molar-refractivity contribution is 5.85. The van der Waals surface area contributed by atoms with Crippen LogP contribution in [0.4, 0.5) is 0 Å². The molecule has 0 bridgehead atoms. The molecule has 16 heavy (non-hydrogen) atoms. The van der Waals surface area contributed by atoms with Crippen LogP contribution in [0.1, 0.15) is 31.9 Å². The first kappa shape index (κ1) is 13.1. The summed E-state index contributed by atoms with van der Waals surface area (Å²) in [6.45, 7) is 4.66. The third kappa shape index (κ3) is 2.80. The van der Waals surface area contributed by atoms with Crippen LogP contribution < -0.4 is 15.2 Å². The Morgan fingerprint density at radius 3 is 2.62 bits per heavy atom. The lowest BCUT2D eigenvalue weighted by Crippen LogP contribution is -2.12. The first-order valence-corrected chi connectivity index (χ1v) is 5.32. The Kier molecular flexibility index (Phi) is 4.44. The predicted molar refractivity (Wildman–Crippen MR) is 66.2 cm³/mol. The molecule has 0 radical (unpaired) electrons. The second kappa shape index (κ2) is 5.41. The Hall–Kier alpha value is -0.930. The van der Waals surface area contributed by atoms with Crippen molar-refractivity contribution in [2.75, 3.05) is 6.79 Å². The van der Waals surface area contributed by atoms with E-state index in [0.717, 1.165) is 23.5 Å². The third-order valence-corrected chi connectivity index (χ3v) is 2.55. The van der Waals surface area contributed by atoms with Gasteiger partial charge in [0.1, 0.15) is 0 Å². The van der Waals surface area contributed by atoms with E-state index >= 15 is 0 Å². The number of ether oxygens (including phenoxy) is 2. The van der Waals surface area contributed by atoms with Gasteiger partial charge in [-0.1, -0.05) is 19.9 Å². The summed E-state index contributed by atoms with van der Waals surface area (Å²) >= 11 is 0. The van der Waals surface area contributed by atoms with E-state index in [0.29, 0.717) is 12.7 Å². The van der Waals surface area contributed by atoms with Gasteiger partial charge in [0.15, 0.2) is 11.5 Å². The van der Waals surface area contributed by atoms with E-state index in [1.165, 1.54) is 0 Å². The summed E-state index contributed by atoms with van der Waals surface area (Å²) in [6, 6.07) is 6.01. The molecule has 4 heteroatoms. The molecular weight excluding hydrogens is 226 g/mol. The maximum Gasteiger partial charge on any atom is 0.231 e. The first-order chi connectivity index (χ1) is 7.16. The average Bonchev–Trinajstić information content (AvgIpc) is 2.62. The van der Waals surface area contributed by atoms with Crippen LogP contribution in [-0.2, 0) is 0 Å². The minimum atomic E-state index is 0. The van der Waals surface area contributed by atoms with E-state index in [9.17, 15) is 0 Å². The van der Waals surface area contributed by atoms with Gasteiger partial charge < -0.3 is 15.2 Å². The molecule has 0 amide bonds. The van der Waals surface area contributed by atoms with E-state index < -0.39 is 0 Å². The lowest BCUT2D eigenvalue weighted by molar-refractivity contribution is 0.174. The van der Waals surface area contributed by atoms with Crippen molar-refractivity contribution < 1.29 is 9.47 Å². The van der Waals surface area contributed by atoms with Crippen LogP contribution in [-0.4, -0.2) is 6.79 Å². The lowest BCUT2D eigenvalue weighted by Gasteiger charge is -2.14. The number of rotatable bonds is 3.